The second kappa shape index (κ2) is 7.51. The van der Waals surface area contributed by atoms with Crippen molar-refractivity contribution >= 4 is 11.7 Å². The molecule has 2 aliphatic rings. The van der Waals surface area contributed by atoms with E-state index in [9.17, 15) is 4.79 Å². The lowest BCUT2D eigenvalue weighted by atomic mass is 9.97. The van der Waals surface area contributed by atoms with Gasteiger partial charge in [-0.2, -0.15) is 0 Å². The fourth-order valence-corrected chi connectivity index (χ4v) is 3.78. The van der Waals surface area contributed by atoms with Crippen LogP contribution in [0.5, 0.6) is 11.5 Å². The Hall–Kier alpha value is -2.69. The molecule has 0 saturated heterocycles. The molecule has 2 aromatic rings. The first-order chi connectivity index (χ1) is 13.1. The summed E-state index contributed by atoms with van der Waals surface area (Å²) in [5, 5.41) is 5.85. The van der Waals surface area contributed by atoms with Gasteiger partial charge in [0.2, 0.25) is 0 Å². The third-order valence-corrected chi connectivity index (χ3v) is 5.26. The van der Waals surface area contributed by atoms with Crippen LogP contribution in [0.2, 0.25) is 0 Å². The van der Waals surface area contributed by atoms with Crippen LogP contribution in [0.15, 0.2) is 30.3 Å². The number of carbonyl (C=O) groups excluding carboxylic acids is 1. The summed E-state index contributed by atoms with van der Waals surface area (Å²) in [4.78, 5) is 12.2. The van der Waals surface area contributed by atoms with Crippen molar-refractivity contribution in [1.29, 1.82) is 0 Å². The lowest BCUT2D eigenvalue weighted by Crippen LogP contribution is -2.30. The van der Waals surface area contributed by atoms with E-state index < -0.39 is 0 Å². The van der Waals surface area contributed by atoms with Crippen molar-refractivity contribution in [3.05, 3.63) is 52.6 Å². The van der Waals surface area contributed by atoms with Gasteiger partial charge in [0.1, 0.15) is 11.5 Å². The predicted molar refractivity (Wildman–Crippen MR) is 106 cm³/mol. The van der Waals surface area contributed by atoms with E-state index in [0.717, 1.165) is 49.7 Å². The first kappa shape index (κ1) is 17.7. The standard InChI is InChI=1S/C22H26N2O3/c1-14(2)15-3-5-17(6-4-15)24-22(25)23-10-7-19-18-9-12-26-20(18)13-16-8-11-27-21(16)19/h3-6,13-14H,7-12H2,1-2H3,(H2,23,24,25). The number of anilines is 1. The van der Waals surface area contributed by atoms with E-state index in [-0.39, 0.29) is 6.03 Å². The van der Waals surface area contributed by atoms with E-state index in [4.69, 9.17) is 9.47 Å². The van der Waals surface area contributed by atoms with Crippen LogP contribution in [-0.2, 0) is 19.3 Å². The fourth-order valence-electron chi connectivity index (χ4n) is 3.78. The Balaban J connectivity index is 1.36. The molecule has 0 spiro atoms. The summed E-state index contributed by atoms with van der Waals surface area (Å²) >= 11 is 0. The van der Waals surface area contributed by atoms with Crippen LogP contribution in [0.4, 0.5) is 10.5 Å². The molecular weight excluding hydrogens is 340 g/mol. The molecule has 0 saturated carbocycles. The maximum absolute atomic E-state index is 12.2. The molecule has 5 heteroatoms. The van der Waals surface area contributed by atoms with E-state index in [1.54, 1.807) is 0 Å². The third-order valence-electron chi connectivity index (χ3n) is 5.26. The van der Waals surface area contributed by atoms with Crippen LogP contribution in [0.3, 0.4) is 0 Å². The van der Waals surface area contributed by atoms with Gasteiger partial charge in [0, 0.05) is 41.8 Å². The highest BCUT2D eigenvalue weighted by atomic mass is 16.5. The van der Waals surface area contributed by atoms with Crippen LogP contribution in [0.25, 0.3) is 0 Å². The number of urea groups is 1. The van der Waals surface area contributed by atoms with E-state index in [2.05, 4.69) is 30.5 Å². The van der Waals surface area contributed by atoms with E-state index in [1.807, 2.05) is 24.3 Å². The van der Waals surface area contributed by atoms with Crippen LogP contribution in [-0.4, -0.2) is 25.8 Å². The highest BCUT2D eigenvalue weighted by Crippen LogP contribution is 2.40. The molecule has 2 aromatic carbocycles. The number of nitrogens with one attached hydrogen (secondary N) is 2. The summed E-state index contributed by atoms with van der Waals surface area (Å²) in [6, 6.07) is 9.92. The highest BCUT2D eigenvalue weighted by molar-refractivity contribution is 5.89. The molecule has 0 atom stereocenters. The Morgan fingerprint density at radius 1 is 1.11 bits per heavy atom. The number of benzene rings is 2. The number of hydrogen-bond donors (Lipinski definition) is 2. The van der Waals surface area contributed by atoms with Crippen LogP contribution in [0.1, 0.15) is 42.0 Å². The number of fused-ring (bicyclic) bond motifs is 2. The van der Waals surface area contributed by atoms with Gasteiger partial charge in [0.05, 0.1) is 13.2 Å². The van der Waals surface area contributed by atoms with Gasteiger partial charge in [0.15, 0.2) is 0 Å². The molecule has 0 radical (unpaired) electrons. The molecule has 0 aliphatic carbocycles. The van der Waals surface area contributed by atoms with Crippen LogP contribution >= 0.6 is 0 Å². The minimum atomic E-state index is -0.186. The lowest BCUT2D eigenvalue weighted by molar-refractivity contribution is 0.252. The Morgan fingerprint density at radius 2 is 1.89 bits per heavy atom. The average molecular weight is 366 g/mol. The molecule has 142 valence electrons. The number of ether oxygens (including phenoxy) is 2. The minimum Gasteiger partial charge on any atom is -0.493 e. The second-order valence-electron chi connectivity index (χ2n) is 7.42. The summed E-state index contributed by atoms with van der Waals surface area (Å²) in [5.41, 5.74) is 5.71. The smallest absolute Gasteiger partial charge is 0.319 e. The van der Waals surface area contributed by atoms with Gasteiger partial charge >= 0.3 is 6.03 Å². The van der Waals surface area contributed by atoms with Gasteiger partial charge in [-0.15, -0.1) is 0 Å². The zero-order valence-electron chi connectivity index (χ0n) is 15.9. The zero-order chi connectivity index (χ0) is 18.8. The Labute approximate surface area is 160 Å². The number of carbonyl (C=O) groups is 1. The van der Waals surface area contributed by atoms with Crippen molar-refractivity contribution in [3.8, 4) is 11.5 Å². The molecule has 0 fully saturated rings. The van der Waals surface area contributed by atoms with Gasteiger partial charge in [-0.3, -0.25) is 0 Å². The third kappa shape index (κ3) is 3.72. The van der Waals surface area contributed by atoms with E-state index in [0.29, 0.717) is 12.5 Å². The summed E-state index contributed by atoms with van der Waals surface area (Å²) in [5.74, 6) is 2.48. The second-order valence-corrected chi connectivity index (χ2v) is 7.42. The predicted octanol–water partition coefficient (Wildman–Crippen LogP) is 4.04. The molecule has 0 aromatic heterocycles. The average Bonchev–Trinajstić information content (AvgIpc) is 3.30. The molecule has 2 aliphatic heterocycles. The van der Waals surface area contributed by atoms with Gasteiger partial charge in [-0.25, -0.2) is 4.79 Å². The topological polar surface area (TPSA) is 59.6 Å². The van der Waals surface area contributed by atoms with Crippen molar-refractivity contribution in [2.24, 2.45) is 0 Å². The Kier molecular flexibility index (Phi) is 4.92. The van der Waals surface area contributed by atoms with Gasteiger partial charge in [-0.05, 0) is 36.1 Å². The van der Waals surface area contributed by atoms with Crippen molar-refractivity contribution in [3.63, 3.8) is 0 Å². The monoisotopic (exact) mass is 366 g/mol. The quantitative estimate of drug-likeness (QED) is 0.839. The molecule has 2 N–H and O–H groups in total. The Morgan fingerprint density at radius 3 is 2.67 bits per heavy atom. The van der Waals surface area contributed by atoms with Gasteiger partial charge in [0.25, 0.3) is 0 Å². The van der Waals surface area contributed by atoms with E-state index in [1.165, 1.54) is 22.3 Å². The summed E-state index contributed by atoms with van der Waals surface area (Å²) < 4.78 is 11.6. The summed E-state index contributed by atoms with van der Waals surface area (Å²) in [7, 11) is 0. The zero-order valence-corrected chi connectivity index (χ0v) is 15.9. The Bertz CT molecular complexity index is 811. The van der Waals surface area contributed by atoms with Gasteiger partial charge in [-0.1, -0.05) is 26.0 Å². The highest BCUT2D eigenvalue weighted by Gasteiger charge is 2.26. The SMILES string of the molecule is CC(C)c1ccc(NC(=O)NCCc2c3c(cc4c2OCC4)OCC3)cc1. The normalized spacial score (nSPS) is 14.3. The molecule has 2 amide bonds. The largest absolute Gasteiger partial charge is 0.493 e. The van der Waals surface area contributed by atoms with Crippen LogP contribution < -0.4 is 20.1 Å². The maximum atomic E-state index is 12.2. The summed E-state index contributed by atoms with van der Waals surface area (Å²) in [6.07, 6.45) is 2.59. The molecule has 27 heavy (non-hydrogen) atoms. The van der Waals surface area contributed by atoms with Crippen LogP contribution in [0, 0.1) is 0 Å². The van der Waals surface area contributed by atoms with Crippen molar-refractivity contribution in [1.82, 2.24) is 5.32 Å². The van der Waals surface area contributed by atoms with Crippen molar-refractivity contribution in [2.75, 3.05) is 25.1 Å². The maximum Gasteiger partial charge on any atom is 0.319 e. The van der Waals surface area contributed by atoms with Crippen molar-refractivity contribution < 1.29 is 14.3 Å². The number of amides is 2. The molecule has 5 nitrogen and oxygen atoms in total. The lowest BCUT2D eigenvalue weighted by Gasteiger charge is -2.14. The first-order valence-electron chi connectivity index (χ1n) is 9.70. The molecule has 0 unspecified atom stereocenters. The molecule has 2 heterocycles. The minimum absolute atomic E-state index is 0.186. The number of hydrogen-bond acceptors (Lipinski definition) is 3. The van der Waals surface area contributed by atoms with E-state index >= 15 is 0 Å². The fraction of sp³-hybridized carbons (Fsp3) is 0.409. The summed E-state index contributed by atoms with van der Waals surface area (Å²) in [6.45, 7) is 6.32. The molecular formula is C22H26N2O3. The molecule has 4 rings (SSSR count). The van der Waals surface area contributed by atoms with Gasteiger partial charge < -0.3 is 20.1 Å². The number of rotatable bonds is 5. The first-order valence-corrected chi connectivity index (χ1v) is 9.70. The molecule has 0 bridgehead atoms. The van der Waals surface area contributed by atoms with Crippen molar-refractivity contribution in [2.45, 2.75) is 39.0 Å².